The third-order valence-electron chi connectivity index (χ3n) is 2.82. The van der Waals surface area contributed by atoms with Gasteiger partial charge in [-0.3, -0.25) is 4.79 Å². The first kappa shape index (κ1) is 12.5. The molecule has 1 aliphatic rings. The smallest absolute Gasteiger partial charge is 0.303 e. The number of carboxylic acids is 1. The van der Waals surface area contributed by atoms with E-state index < -0.39 is 21.2 Å². The van der Waals surface area contributed by atoms with Crippen molar-refractivity contribution in [3.63, 3.8) is 0 Å². The van der Waals surface area contributed by atoms with E-state index in [1.165, 1.54) is 0 Å². The first-order valence-corrected chi connectivity index (χ1v) is 7.13. The molecule has 0 saturated heterocycles. The largest absolute Gasteiger partial charge is 0.481 e. The van der Waals surface area contributed by atoms with Crippen molar-refractivity contribution in [3.8, 4) is 0 Å². The molecular weight excluding hydrogens is 216 g/mol. The molecule has 88 valence electrons. The molecule has 15 heavy (non-hydrogen) atoms. The predicted molar refractivity (Wildman–Crippen MR) is 57.5 cm³/mol. The highest BCUT2D eigenvalue weighted by atomic mass is 32.2. The van der Waals surface area contributed by atoms with Gasteiger partial charge in [0.1, 0.15) is 0 Å². The molecule has 0 spiro atoms. The molecule has 0 aromatic carbocycles. The zero-order valence-electron chi connectivity index (χ0n) is 9.03. The zero-order chi connectivity index (χ0) is 11.5. The highest BCUT2D eigenvalue weighted by Gasteiger charge is 2.47. The van der Waals surface area contributed by atoms with Crippen LogP contribution in [0.15, 0.2) is 0 Å². The van der Waals surface area contributed by atoms with Gasteiger partial charge >= 0.3 is 5.97 Å². The zero-order valence-corrected chi connectivity index (χ0v) is 9.85. The van der Waals surface area contributed by atoms with Crippen molar-refractivity contribution in [2.24, 2.45) is 5.41 Å². The molecule has 0 heterocycles. The predicted octanol–water partition coefficient (Wildman–Crippen LogP) is 1.46. The number of aliphatic carboxylic acids is 1. The number of hydrogen-bond donors (Lipinski definition) is 1. The highest BCUT2D eigenvalue weighted by molar-refractivity contribution is 7.91. The first-order chi connectivity index (χ1) is 6.89. The van der Waals surface area contributed by atoms with E-state index in [1.807, 2.05) is 6.92 Å². The van der Waals surface area contributed by atoms with E-state index in [4.69, 9.17) is 5.11 Å². The summed E-state index contributed by atoms with van der Waals surface area (Å²) in [5.41, 5.74) is -0.432. The third kappa shape index (κ3) is 4.20. The molecule has 0 amide bonds. The minimum Gasteiger partial charge on any atom is -0.481 e. The van der Waals surface area contributed by atoms with Gasteiger partial charge in [0, 0.05) is 0 Å². The Labute approximate surface area is 90.6 Å². The Bertz CT molecular complexity index is 327. The summed E-state index contributed by atoms with van der Waals surface area (Å²) in [5.74, 6) is -0.629. The fraction of sp³-hybridized carbons (Fsp3) is 0.900. The van der Waals surface area contributed by atoms with Crippen molar-refractivity contribution < 1.29 is 18.3 Å². The Morgan fingerprint density at radius 3 is 2.40 bits per heavy atom. The molecule has 0 unspecified atom stereocenters. The quantitative estimate of drug-likeness (QED) is 0.723. The summed E-state index contributed by atoms with van der Waals surface area (Å²) in [6.07, 6.45) is 3.00. The van der Waals surface area contributed by atoms with Gasteiger partial charge in [0.25, 0.3) is 0 Å². The number of carbonyl (C=O) groups is 1. The van der Waals surface area contributed by atoms with Crippen LogP contribution in [0.5, 0.6) is 0 Å². The first-order valence-electron chi connectivity index (χ1n) is 5.31. The van der Waals surface area contributed by atoms with Crippen LogP contribution in [0.25, 0.3) is 0 Å². The van der Waals surface area contributed by atoms with E-state index >= 15 is 0 Å². The molecule has 0 radical (unpaired) electrons. The minimum atomic E-state index is -3.05. The Kier molecular flexibility index (Phi) is 3.76. The molecule has 0 bridgehead atoms. The van der Waals surface area contributed by atoms with Crippen molar-refractivity contribution >= 4 is 15.8 Å². The van der Waals surface area contributed by atoms with Gasteiger partial charge in [-0.15, -0.1) is 0 Å². The summed E-state index contributed by atoms with van der Waals surface area (Å²) < 4.78 is 23.3. The lowest BCUT2D eigenvalue weighted by Crippen LogP contribution is -2.22. The number of sulfone groups is 1. The molecule has 1 fully saturated rings. The molecule has 0 aromatic heterocycles. The van der Waals surface area contributed by atoms with Gasteiger partial charge in [-0.05, 0) is 24.7 Å². The molecule has 1 saturated carbocycles. The summed E-state index contributed by atoms with van der Waals surface area (Å²) >= 11 is 0. The van der Waals surface area contributed by atoms with Gasteiger partial charge in [0.05, 0.1) is 17.9 Å². The van der Waals surface area contributed by atoms with Gasteiger partial charge < -0.3 is 5.11 Å². The monoisotopic (exact) mass is 234 g/mol. The fourth-order valence-electron chi connectivity index (χ4n) is 1.77. The van der Waals surface area contributed by atoms with E-state index in [9.17, 15) is 13.2 Å². The molecular formula is C10H18O4S. The second-order valence-corrected chi connectivity index (χ2v) is 6.70. The topological polar surface area (TPSA) is 71.4 Å². The number of hydrogen-bond acceptors (Lipinski definition) is 3. The summed E-state index contributed by atoms with van der Waals surface area (Å²) in [7, 11) is -3.05. The summed E-state index contributed by atoms with van der Waals surface area (Å²) in [5, 5.41) is 8.67. The van der Waals surface area contributed by atoms with Crippen molar-refractivity contribution in [2.75, 3.05) is 11.5 Å². The Hall–Kier alpha value is -0.580. The van der Waals surface area contributed by atoms with E-state index in [2.05, 4.69) is 0 Å². The summed E-state index contributed by atoms with van der Waals surface area (Å²) in [6.45, 7) is 1.94. The molecule has 1 aliphatic carbocycles. The maximum Gasteiger partial charge on any atom is 0.303 e. The van der Waals surface area contributed by atoms with Gasteiger partial charge in [-0.25, -0.2) is 8.42 Å². The van der Waals surface area contributed by atoms with Crippen LogP contribution < -0.4 is 0 Å². The van der Waals surface area contributed by atoms with E-state index in [-0.39, 0.29) is 17.9 Å². The molecule has 1 rings (SSSR count). The van der Waals surface area contributed by atoms with Crippen LogP contribution in [0, 0.1) is 5.41 Å². The van der Waals surface area contributed by atoms with Crippen LogP contribution in [-0.4, -0.2) is 31.0 Å². The Balaban J connectivity index is 2.50. The normalized spacial score (nSPS) is 18.7. The summed E-state index contributed by atoms with van der Waals surface area (Å²) in [4.78, 5) is 10.6. The van der Waals surface area contributed by atoms with Crippen LogP contribution >= 0.6 is 0 Å². The van der Waals surface area contributed by atoms with Crippen molar-refractivity contribution in [2.45, 2.75) is 39.0 Å². The molecule has 0 atom stereocenters. The lowest BCUT2D eigenvalue weighted by Gasteiger charge is -2.12. The van der Waals surface area contributed by atoms with Crippen LogP contribution in [0.1, 0.15) is 39.0 Å². The van der Waals surface area contributed by atoms with E-state index in [0.29, 0.717) is 6.42 Å². The molecule has 0 aromatic rings. The number of unbranched alkanes of at least 4 members (excludes halogenated alkanes) is 1. The van der Waals surface area contributed by atoms with E-state index in [1.54, 1.807) is 0 Å². The molecule has 4 nitrogen and oxygen atoms in total. The highest BCUT2D eigenvalue weighted by Crippen LogP contribution is 2.49. The number of carboxylic acid groups (broad SMARTS) is 1. The van der Waals surface area contributed by atoms with Crippen molar-refractivity contribution in [1.82, 2.24) is 0 Å². The second kappa shape index (κ2) is 4.51. The van der Waals surface area contributed by atoms with Crippen molar-refractivity contribution in [3.05, 3.63) is 0 Å². The number of rotatable bonds is 7. The lowest BCUT2D eigenvalue weighted by atomic mass is 10.1. The van der Waals surface area contributed by atoms with Crippen molar-refractivity contribution in [1.29, 1.82) is 0 Å². The second-order valence-electron chi connectivity index (χ2n) is 4.52. The van der Waals surface area contributed by atoms with Crippen LogP contribution in [0.3, 0.4) is 0 Å². The average molecular weight is 234 g/mol. The fourth-order valence-corrected chi connectivity index (χ4v) is 3.97. The Morgan fingerprint density at radius 2 is 2.00 bits per heavy atom. The van der Waals surface area contributed by atoms with Gasteiger partial charge in [0.15, 0.2) is 9.84 Å². The lowest BCUT2D eigenvalue weighted by molar-refractivity contribution is -0.138. The maximum atomic E-state index is 11.6. The van der Waals surface area contributed by atoms with Gasteiger partial charge in [0.2, 0.25) is 0 Å². The molecule has 0 aliphatic heterocycles. The maximum absolute atomic E-state index is 11.6. The minimum absolute atomic E-state index is 0.00163. The molecule has 5 heteroatoms. The van der Waals surface area contributed by atoms with Gasteiger partial charge in [-0.2, -0.15) is 0 Å². The molecule has 1 N–H and O–H groups in total. The van der Waals surface area contributed by atoms with E-state index in [0.717, 1.165) is 19.3 Å². The van der Waals surface area contributed by atoms with Gasteiger partial charge in [-0.1, -0.05) is 13.3 Å². The summed E-state index contributed by atoms with van der Waals surface area (Å²) in [6, 6.07) is 0. The Morgan fingerprint density at radius 1 is 1.40 bits per heavy atom. The average Bonchev–Trinajstić information content (AvgIpc) is 2.79. The SMILES string of the molecule is CCCCS(=O)(=O)CC1(CC(=O)O)CC1. The van der Waals surface area contributed by atoms with Crippen LogP contribution in [0.4, 0.5) is 0 Å². The van der Waals surface area contributed by atoms with Crippen LogP contribution in [-0.2, 0) is 14.6 Å². The third-order valence-corrected chi connectivity index (χ3v) is 4.78. The standard InChI is InChI=1S/C10H18O4S/c1-2-3-6-15(13,14)8-10(4-5-10)7-9(11)12/h2-8H2,1H3,(H,11,12). The van der Waals surface area contributed by atoms with Crippen LogP contribution in [0.2, 0.25) is 0 Å².